The normalized spacial score (nSPS) is 23.8. The van der Waals surface area contributed by atoms with E-state index in [2.05, 4.69) is 0 Å². The van der Waals surface area contributed by atoms with Crippen LogP contribution in [0.5, 0.6) is 0 Å². The van der Waals surface area contributed by atoms with E-state index in [4.69, 9.17) is 4.74 Å². The van der Waals surface area contributed by atoms with Gasteiger partial charge in [0.25, 0.3) is 5.91 Å². The minimum absolute atomic E-state index is 0.0770. The molecule has 0 aliphatic carbocycles. The van der Waals surface area contributed by atoms with E-state index >= 15 is 0 Å². The predicted octanol–water partition coefficient (Wildman–Crippen LogP) is 3.52. The van der Waals surface area contributed by atoms with Crippen molar-refractivity contribution >= 4 is 11.9 Å². The van der Waals surface area contributed by atoms with Crippen molar-refractivity contribution in [1.82, 2.24) is 4.90 Å². The topological polar surface area (TPSA) is 66.8 Å². The molecule has 0 radical (unpaired) electrons. The average molecular weight is 399 g/mol. The third kappa shape index (κ3) is 4.84. The first kappa shape index (κ1) is 20.6. The van der Waals surface area contributed by atoms with Crippen molar-refractivity contribution in [3.63, 3.8) is 0 Å². The van der Waals surface area contributed by atoms with Crippen molar-refractivity contribution in [1.29, 1.82) is 0 Å². The highest BCUT2D eigenvalue weighted by molar-refractivity contribution is 5.95. The Balaban J connectivity index is 1.62. The summed E-state index contributed by atoms with van der Waals surface area (Å²) < 4.78 is 43.3. The van der Waals surface area contributed by atoms with Gasteiger partial charge in [0.2, 0.25) is 0 Å². The summed E-state index contributed by atoms with van der Waals surface area (Å²) in [4.78, 5) is 25.9. The third-order valence-electron chi connectivity index (χ3n) is 5.67. The molecule has 0 saturated carbocycles. The first-order valence-corrected chi connectivity index (χ1v) is 9.54. The van der Waals surface area contributed by atoms with Crippen molar-refractivity contribution in [3.8, 4) is 0 Å². The van der Waals surface area contributed by atoms with Crippen molar-refractivity contribution < 1.29 is 32.6 Å². The first-order chi connectivity index (χ1) is 13.3. The fourth-order valence-corrected chi connectivity index (χ4v) is 4.16. The second-order valence-corrected chi connectivity index (χ2v) is 7.47. The Labute approximate surface area is 161 Å². The molecule has 2 aliphatic rings. The van der Waals surface area contributed by atoms with Crippen LogP contribution >= 0.6 is 0 Å². The number of carbonyl (C=O) groups excluding carboxylic acids is 1. The number of carbonyl (C=O) groups is 2. The van der Waals surface area contributed by atoms with Crippen molar-refractivity contribution in [2.45, 2.75) is 44.4 Å². The van der Waals surface area contributed by atoms with Gasteiger partial charge in [-0.05, 0) is 43.2 Å². The molecule has 1 unspecified atom stereocenters. The van der Waals surface area contributed by atoms with Gasteiger partial charge in [0.15, 0.2) is 0 Å². The zero-order valence-corrected chi connectivity index (χ0v) is 15.5. The van der Waals surface area contributed by atoms with Crippen molar-refractivity contribution in [2.75, 3.05) is 19.7 Å². The number of carboxylic acid groups (broad SMARTS) is 1. The Morgan fingerprint density at radius 3 is 2.46 bits per heavy atom. The molecule has 3 rings (SSSR count). The van der Waals surface area contributed by atoms with Gasteiger partial charge in [-0.2, -0.15) is 13.2 Å². The molecule has 1 N–H and O–H groups in total. The van der Waals surface area contributed by atoms with Crippen LogP contribution in [0.15, 0.2) is 24.3 Å². The summed E-state index contributed by atoms with van der Waals surface area (Å²) in [6.45, 7) is 1.33. The maximum Gasteiger partial charge on any atom is 0.389 e. The molecule has 1 amide bonds. The first-order valence-electron chi connectivity index (χ1n) is 9.54. The summed E-state index contributed by atoms with van der Waals surface area (Å²) >= 11 is 0. The number of hydrogen-bond acceptors (Lipinski definition) is 3. The summed E-state index contributed by atoms with van der Waals surface area (Å²) in [6.07, 6.45) is -4.01. The Morgan fingerprint density at radius 2 is 1.82 bits per heavy atom. The van der Waals surface area contributed by atoms with Crippen molar-refractivity contribution in [3.05, 3.63) is 35.4 Å². The highest BCUT2D eigenvalue weighted by atomic mass is 19.4. The molecule has 2 aliphatic heterocycles. The molecule has 1 aromatic rings. The number of likely N-dealkylation sites (tertiary alicyclic amines) is 1. The number of amides is 1. The zero-order valence-electron chi connectivity index (χ0n) is 15.5. The average Bonchev–Trinajstić information content (AvgIpc) is 3.16. The Hall–Kier alpha value is -2.09. The Kier molecular flexibility index (Phi) is 6.27. The zero-order chi connectivity index (χ0) is 20.3. The molecule has 5 nitrogen and oxygen atoms in total. The minimum Gasteiger partial charge on any atom is -0.481 e. The fraction of sp³-hybridized carbons (Fsp3) is 0.600. The van der Waals surface area contributed by atoms with E-state index in [9.17, 15) is 27.9 Å². The van der Waals surface area contributed by atoms with Gasteiger partial charge in [0, 0.05) is 31.7 Å². The summed E-state index contributed by atoms with van der Waals surface area (Å²) in [7, 11) is 0. The number of benzene rings is 1. The van der Waals surface area contributed by atoms with Gasteiger partial charge < -0.3 is 14.7 Å². The van der Waals surface area contributed by atoms with Crippen LogP contribution in [0.3, 0.4) is 0 Å². The van der Waals surface area contributed by atoms with Crippen LogP contribution in [0, 0.1) is 11.8 Å². The largest absolute Gasteiger partial charge is 0.481 e. The Morgan fingerprint density at radius 1 is 1.14 bits per heavy atom. The number of ether oxygens (including phenoxy) is 1. The number of aryl methyl sites for hydroxylation is 1. The highest BCUT2D eigenvalue weighted by Gasteiger charge is 2.41. The smallest absolute Gasteiger partial charge is 0.389 e. The van der Waals surface area contributed by atoms with Gasteiger partial charge in [-0.3, -0.25) is 9.59 Å². The van der Waals surface area contributed by atoms with Gasteiger partial charge in [-0.25, -0.2) is 0 Å². The SMILES string of the molecule is O=C(O)C1CCO[C@H]1C1CCN(C(=O)c2ccccc2CCC(F)(F)F)CC1. The number of alkyl halides is 3. The standard InChI is InChI=1S/C20H24F3NO4/c21-20(22,23)9-5-13-3-1-2-4-15(13)18(25)24-10-6-14(7-11-24)17-16(19(26)27)8-12-28-17/h1-4,14,16-17H,5-12H2,(H,26,27)/t16?,17-/m0/s1. The van der Waals surface area contributed by atoms with E-state index < -0.39 is 24.5 Å². The number of carboxylic acids is 1. The maximum absolute atomic E-state index is 12.9. The lowest BCUT2D eigenvalue weighted by Crippen LogP contribution is -2.43. The van der Waals surface area contributed by atoms with Crippen LogP contribution in [0.25, 0.3) is 0 Å². The van der Waals surface area contributed by atoms with Crippen LogP contribution in [-0.2, 0) is 16.0 Å². The summed E-state index contributed by atoms with van der Waals surface area (Å²) in [6, 6.07) is 6.43. The van der Waals surface area contributed by atoms with E-state index in [1.165, 1.54) is 0 Å². The van der Waals surface area contributed by atoms with Crippen molar-refractivity contribution in [2.24, 2.45) is 11.8 Å². The maximum atomic E-state index is 12.9. The molecule has 0 spiro atoms. The van der Waals surface area contributed by atoms with Gasteiger partial charge in [-0.1, -0.05) is 18.2 Å². The van der Waals surface area contributed by atoms with Gasteiger partial charge >= 0.3 is 12.1 Å². The molecule has 8 heteroatoms. The van der Waals surface area contributed by atoms with Crippen LogP contribution in [0.1, 0.15) is 41.6 Å². The molecule has 0 bridgehead atoms. The van der Waals surface area contributed by atoms with E-state index in [-0.39, 0.29) is 24.3 Å². The Bertz CT molecular complexity index is 714. The van der Waals surface area contributed by atoms with E-state index in [0.29, 0.717) is 50.1 Å². The molecular weight excluding hydrogens is 375 g/mol. The van der Waals surface area contributed by atoms with Crippen LogP contribution < -0.4 is 0 Å². The molecule has 154 valence electrons. The predicted molar refractivity (Wildman–Crippen MR) is 94.9 cm³/mol. The number of piperidine rings is 1. The lowest BCUT2D eigenvalue weighted by Gasteiger charge is -2.35. The highest BCUT2D eigenvalue weighted by Crippen LogP contribution is 2.34. The van der Waals surface area contributed by atoms with Gasteiger partial charge in [0.05, 0.1) is 12.0 Å². The van der Waals surface area contributed by atoms with Crippen LogP contribution in [0.4, 0.5) is 13.2 Å². The number of halogens is 3. The summed E-state index contributed by atoms with van der Waals surface area (Å²) in [5.74, 6) is -1.54. The van der Waals surface area contributed by atoms with E-state index in [1.807, 2.05) is 0 Å². The fourth-order valence-electron chi connectivity index (χ4n) is 4.16. The molecule has 2 fully saturated rings. The second kappa shape index (κ2) is 8.51. The van der Waals surface area contributed by atoms with Crippen LogP contribution in [0.2, 0.25) is 0 Å². The number of rotatable bonds is 5. The number of aliphatic carboxylic acids is 1. The molecule has 28 heavy (non-hydrogen) atoms. The molecule has 2 saturated heterocycles. The lowest BCUT2D eigenvalue weighted by atomic mass is 9.84. The van der Waals surface area contributed by atoms with Gasteiger partial charge in [-0.15, -0.1) is 0 Å². The number of hydrogen-bond donors (Lipinski definition) is 1. The number of nitrogens with zero attached hydrogens (tertiary/aromatic N) is 1. The monoisotopic (exact) mass is 399 g/mol. The molecule has 1 aromatic carbocycles. The molecule has 2 heterocycles. The quantitative estimate of drug-likeness (QED) is 0.823. The molecule has 0 aromatic heterocycles. The van der Waals surface area contributed by atoms with Crippen LogP contribution in [-0.4, -0.2) is 53.9 Å². The van der Waals surface area contributed by atoms with E-state index in [0.717, 1.165) is 0 Å². The second-order valence-electron chi connectivity index (χ2n) is 7.47. The molecule has 2 atom stereocenters. The van der Waals surface area contributed by atoms with E-state index in [1.54, 1.807) is 29.2 Å². The summed E-state index contributed by atoms with van der Waals surface area (Å²) in [5, 5.41) is 9.32. The van der Waals surface area contributed by atoms with Gasteiger partial charge in [0.1, 0.15) is 0 Å². The minimum atomic E-state index is -4.27. The molecular formula is C20H24F3NO4. The lowest BCUT2D eigenvalue weighted by molar-refractivity contribution is -0.145. The summed E-state index contributed by atoms with van der Waals surface area (Å²) in [5.41, 5.74) is 0.711. The third-order valence-corrected chi connectivity index (χ3v) is 5.67.